The summed E-state index contributed by atoms with van der Waals surface area (Å²) in [6.45, 7) is 6.47. The molecule has 160 valence electrons. The molecule has 2 heterocycles. The summed E-state index contributed by atoms with van der Waals surface area (Å²) in [5.74, 6) is 0.979. The number of rotatable bonds is 7. The van der Waals surface area contributed by atoms with Crippen molar-refractivity contribution in [2.75, 3.05) is 51.7 Å². The van der Waals surface area contributed by atoms with Gasteiger partial charge >= 0.3 is 0 Å². The second-order valence-electron chi connectivity index (χ2n) is 7.96. The Kier molecular flexibility index (Phi) is 7.21. The number of likely N-dealkylation sites (tertiary alicyclic amines) is 1. The molecular weight excluding hydrogens is 374 g/mol. The van der Waals surface area contributed by atoms with Crippen molar-refractivity contribution < 1.29 is 4.74 Å². The van der Waals surface area contributed by atoms with Crippen LogP contribution in [0.2, 0.25) is 0 Å². The lowest BCUT2D eigenvalue weighted by atomic mass is 10.1. The molecular formula is C24H33N5O. The zero-order valence-corrected chi connectivity index (χ0v) is 17.8. The van der Waals surface area contributed by atoms with E-state index in [9.17, 15) is 0 Å². The average molecular weight is 408 g/mol. The summed E-state index contributed by atoms with van der Waals surface area (Å²) in [5.41, 5.74) is 2.53. The molecule has 0 aromatic heterocycles. The van der Waals surface area contributed by atoms with E-state index in [2.05, 4.69) is 80.0 Å². The molecule has 2 aromatic carbocycles. The van der Waals surface area contributed by atoms with Gasteiger partial charge in [-0.2, -0.15) is 0 Å². The van der Waals surface area contributed by atoms with Gasteiger partial charge in [-0.05, 0) is 24.1 Å². The van der Waals surface area contributed by atoms with E-state index in [0.717, 1.165) is 58.3 Å². The molecule has 2 aromatic rings. The summed E-state index contributed by atoms with van der Waals surface area (Å²) in [5, 5.41) is 6.99. The molecule has 2 fully saturated rings. The smallest absolute Gasteiger partial charge is 0.193 e. The highest BCUT2D eigenvalue weighted by Gasteiger charge is 2.41. The number of nitrogens with zero attached hydrogens (tertiary/aromatic N) is 3. The largest absolute Gasteiger partial charge is 0.385 e. The number of fused-ring (bicyclic) bond motifs is 1. The van der Waals surface area contributed by atoms with Crippen molar-refractivity contribution in [3.8, 4) is 0 Å². The van der Waals surface area contributed by atoms with Gasteiger partial charge in [-0.25, -0.2) is 0 Å². The molecule has 6 nitrogen and oxygen atoms in total. The minimum absolute atomic E-state index is 0.251. The first-order valence-electron chi connectivity index (χ1n) is 11.0. The normalized spacial score (nSPS) is 22.0. The molecule has 0 radical (unpaired) electrons. The zero-order chi connectivity index (χ0) is 20.6. The van der Waals surface area contributed by atoms with Gasteiger partial charge < -0.3 is 20.3 Å². The third-order valence-corrected chi connectivity index (χ3v) is 5.90. The van der Waals surface area contributed by atoms with Crippen LogP contribution in [0.5, 0.6) is 0 Å². The summed E-state index contributed by atoms with van der Waals surface area (Å²) in [7, 11) is 1.87. The Balaban J connectivity index is 1.25. The maximum Gasteiger partial charge on any atom is 0.193 e. The summed E-state index contributed by atoms with van der Waals surface area (Å²) in [6.07, 6.45) is 1.28. The minimum Gasteiger partial charge on any atom is -0.385 e. The summed E-state index contributed by atoms with van der Waals surface area (Å²) in [6, 6.07) is 21.5. The highest BCUT2D eigenvalue weighted by Crippen LogP contribution is 2.24. The second kappa shape index (κ2) is 10.5. The molecule has 4 rings (SSSR count). The molecule has 2 saturated heterocycles. The number of hydrogen-bond acceptors (Lipinski definition) is 4. The number of ether oxygens (including phenoxy) is 1. The molecule has 2 unspecified atom stereocenters. The first-order valence-corrected chi connectivity index (χ1v) is 11.0. The molecule has 0 aliphatic carbocycles. The summed E-state index contributed by atoms with van der Waals surface area (Å²) < 4.78 is 6.11. The van der Waals surface area contributed by atoms with Crippen LogP contribution in [0, 0.1) is 0 Å². The van der Waals surface area contributed by atoms with Crippen LogP contribution in [-0.4, -0.2) is 74.3 Å². The van der Waals surface area contributed by atoms with E-state index in [1.54, 1.807) is 0 Å². The zero-order valence-electron chi connectivity index (χ0n) is 17.8. The van der Waals surface area contributed by atoms with Crippen molar-refractivity contribution in [2.45, 2.75) is 25.1 Å². The van der Waals surface area contributed by atoms with Gasteiger partial charge in [0, 0.05) is 52.0 Å². The van der Waals surface area contributed by atoms with E-state index >= 15 is 0 Å². The maximum atomic E-state index is 6.11. The van der Waals surface area contributed by atoms with E-state index < -0.39 is 0 Å². The lowest BCUT2D eigenvalue weighted by Gasteiger charge is -2.36. The van der Waals surface area contributed by atoms with E-state index in [0.29, 0.717) is 6.04 Å². The van der Waals surface area contributed by atoms with Gasteiger partial charge in [0.2, 0.25) is 0 Å². The Labute approximate surface area is 179 Å². The minimum atomic E-state index is 0.251. The van der Waals surface area contributed by atoms with Gasteiger partial charge in [-0.3, -0.25) is 9.89 Å². The molecule has 0 bridgehead atoms. The fourth-order valence-corrected chi connectivity index (χ4v) is 4.36. The second-order valence-corrected chi connectivity index (χ2v) is 7.96. The van der Waals surface area contributed by atoms with Gasteiger partial charge in [0.05, 0.1) is 18.8 Å². The van der Waals surface area contributed by atoms with E-state index in [4.69, 9.17) is 4.74 Å². The van der Waals surface area contributed by atoms with Gasteiger partial charge in [-0.1, -0.05) is 48.5 Å². The molecule has 0 spiro atoms. The number of nitrogens with one attached hydrogen (secondary N) is 2. The quantitative estimate of drug-likeness (QED) is 0.420. The van der Waals surface area contributed by atoms with Crippen molar-refractivity contribution in [3.63, 3.8) is 0 Å². The van der Waals surface area contributed by atoms with Crippen LogP contribution < -0.4 is 10.6 Å². The molecule has 2 aliphatic heterocycles. The predicted octanol–water partition coefficient (Wildman–Crippen LogP) is 2.65. The van der Waals surface area contributed by atoms with Crippen LogP contribution >= 0.6 is 0 Å². The molecule has 30 heavy (non-hydrogen) atoms. The molecule has 0 amide bonds. The maximum absolute atomic E-state index is 6.11. The van der Waals surface area contributed by atoms with E-state index in [1.165, 1.54) is 11.3 Å². The third kappa shape index (κ3) is 5.32. The Morgan fingerprint density at radius 2 is 1.80 bits per heavy atom. The molecule has 0 saturated carbocycles. The van der Waals surface area contributed by atoms with Crippen molar-refractivity contribution in [1.82, 2.24) is 15.1 Å². The topological polar surface area (TPSA) is 52.1 Å². The van der Waals surface area contributed by atoms with Crippen LogP contribution in [-0.2, 0) is 11.3 Å². The lowest BCUT2D eigenvalue weighted by Crippen LogP contribution is -2.50. The number of para-hydroxylation sites is 1. The fraction of sp³-hybridized carbons (Fsp3) is 0.458. The van der Waals surface area contributed by atoms with Gasteiger partial charge in [0.1, 0.15) is 0 Å². The monoisotopic (exact) mass is 407 g/mol. The van der Waals surface area contributed by atoms with Crippen molar-refractivity contribution in [3.05, 3.63) is 66.2 Å². The van der Waals surface area contributed by atoms with Crippen LogP contribution in [0.3, 0.4) is 0 Å². The third-order valence-electron chi connectivity index (χ3n) is 5.90. The highest BCUT2D eigenvalue weighted by molar-refractivity contribution is 5.80. The number of benzene rings is 2. The van der Waals surface area contributed by atoms with Gasteiger partial charge in [-0.15, -0.1) is 0 Å². The first-order chi connectivity index (χ1) is 14.8. The highest BCUT2D eigenvalue weighted by atomic mass is 16.5. The van der Waals surface area contributed by atoms with Crippen molar-refractivity contribution >= 4 is 11.6 Å². The first kappa shape index (κ1) is 20.7. The van der Waals surface area contributed by atoms with Crippen molar-refractivity contribution in [1.29, 1.82) is 0 Å². The van der Waals surface area contributed by atoms with E-state index in [1.807, 2.05) is 13.1 Å². The molecule has 2 N–H and O–H groups in total. The van der Waals surface area contributed by atoms with Crippen LogP contribution in [0.25, 0.3) is 0 Å². The molecule has 6 heteroatoms. The Hall–Kier alpha value is -2.57. The predicted molar refractivity (Wildman–Crippen MR) is 123 cm³/mol. The number of morpholine rings is 1. The Morgan fingerprint density at radius 3 is 2.57 bits per heavy atom. The lowest BCUT2D eigenvalue weighted by molar-refractivity contribution is -0.0502. The summed E-state index contributed by atoms with van der Waals surface area (Å²) in [4.78, 5) is 9.45. The number of anilines is 1. The van der Waals surface area contributed by atoms with Crippen molar-refractivity contribution in [2.24, 2.45) is 4.99 Å². The van der Waals surface area contributed by atoms with E-state index in [-0.39, 0.29) is 6.10 Å². The number of aliphatic imine (C=N–C) groups is 1. The number of hydrogen-bond donors (Lipinski definition) is 2. The standard InChI is InChI=1S/C24H33N5O/c1-25-24(27-14-8-13-26-21-11-6-3-7-12-21)29-18-22-23(19-29)30-16-15-28(22)17-20-9-4-2-5-10-20/h2-7,9-12,22-23,26H,8,13-19H2,1H3,(H,25,27). The van der Waals surface area contributed by atoms with Crippen LogP contribution in [0.1, 0.15) is 12.0 Å². The van der Waals surface area contributed by atoms with Gasteiger partial charge in [0.25, 0.3) is 0 Å². The Morgan fingerprint density at radius 1 is 1.03 bits per heavy atom. The fourth-order valence-electron chi connectivity index (χ4n) is 4.36. The molecule has 2 atom stereocenters. The van der Waals surface area contributed by atoms with Gasteiger partial charge in [0.15, 0.2) is 5.96 Å². The SMILES string of the molecule is CN=C(NCCCNc1ccccc1)N1CC2OCCN(Cc3ccccc3)C2C1. The van der Waals surface area contributed by atoms with Crippen LogP contribution in [0.15, 0.2) is 65.7 Å². The average Bonchev–Trinajstić information content (AvgIpc) is 3.23. The number of guanidine groups is 1. The Bertz CT molecular complexity index is 798. The van der Waals surface area contributed by atoms with Crippen LogP contribution in [0.4, 0.5) is 5.69 Å². The molecule has 2 aliphatic rings. The summed E-state index contributed by atoms with van der Waals surface area (Å²) >= 11 is 0.